The van der Waals surface area contributed by atoms with Crippen LogP contribution in [0, 0.1) is 26.7 Å². The van der Waals surface area contributed by atoms with Gasteiger partial charge in [-0.15, -0.1) is 19.4 Å². The highest BCUT2D eigenvalue weighted by Gasteiger charge is 2.23. The molecule has 0 aliphatic carbocycles. The van der Waals surface area contributed by atoms with Crippen LogP contribution in [0.3, 0.4) is 0 Å². The van der Waals surface area contributed by atoms with E-state index in [1.165, 1.54) is 0 Å². The van der Waals surface area contributed by atoms with Crippen LogP contribution in [-0.4, -0.2) is 30.1 Å². The lowest BCUT2D eigenvalue weighted by Gasteiger charge is -2.22. The number of aliphatic carboxylic acids is 1. The molecule has 0 fully saturated rings. The molecule has 20 heavy (non-hydrogen) atoms. The maximum atomic E-state index is 11.2. The zero-order chi connectivity index (χ0) is 16.3. The number of aryl methyl sites for hydroxylation is 1. The van der Waals surface area contributed by atoms with E-state index in [4.69, 9.17) is 0 Å². The second kappa shape index (κ2) is 10.8. The van der Waals surface area contributed by atoms with Gasteiger partial charge in [0.2, 0.25) is 0 Å². The second-order valence-electron chi connectivity index (χ2n) is 4.40. The van der Waals surface area contributed by atoms with Gasteiger partial charge in [-0.05, 0) is 51.6 Å². The summed E-state index contributed by atoms with van der Waals surface area (Å²) in [5, 5.41) is 9.17. The molecule has 0 spiro atoms. The van der Waals surface area contributed by atoms with E-state index in [0.29, 0.717) is 0 Å². The maximum absolute atomic E-state index is 11.2. The first-order chi connectivity index (χ1) is 9.36. The summed E-state index contributed by atoms with van der Waals surface area (Å²) in [5.74, 6) is -0.811. The summed E-state index contributed by atoms with van der Waals surface area (Å²) in [6.45, 7) is 9.21. The van der Waals surface area contributed by atoms with Crippen LogP contribution in [0.5, 0.6) is 0 Å². The molecule has 0 amide bonds. The summed E-state index contributed by atoms with van der Waals surface area (Å²) in [4.78, 5) is 12.9. The van der Waals surface area contributed by atoms with Crippen molar-refractivity contribution in [3.8, 4) is 12.8 Å². The first-order valence-corrected chi connectivity index (χ1v) is 6.22. The fourth-order valence-electron chi connectivity index (χ4n) is 1.70. The van der Waals surface area contributed by atoms with E-state index in [2.05, 4.69) is 19.4 Å². The monoisotopic (exact) mass is 275 g/mol. The topological polar surface area (TPSA) is 40.5 Å². The van der Waals surface area contributed by atoms with Gasteiger partial charge in [-0.3, -0.25) is 9.69 Å². The van der Waals surface area contributed by atoms with Crippen molar-refractivity contribution in [2.24, 2.45) is 0 Å². The number of nitrogens with zero attached hydrogens (tertiary/aromatic N) is 1. The minimum Gasteiger partial charge on any atom is -0.480 e. The minimum absolute atomic E-state index is 0.565. The van der Waals surface area contributed by atoms with E-state index >= 15 is 0 Å². The highest BCUT2D eigenvalue weighted by molar-refractivity contribution is 5.76. The van der Waals surface area contributed by atoms with E-state index in [-0.39, 0.29) is 0 Å². The Morgan fingerprint density at radius 3 is 2.15 bits per heavy atom. The van der Waals surface area contributed by atoms with Crippen LogP contribution in [0.15, 0.2) is 30.9 Å². The lowest BCUT2D eigenvalue weighted by atomic mass is 9.97. The lowest BCUT2D eigenvalue weighted by molar-refractivity contribution is -0.142. The van der Waals surface area contributed by atoms with Gasteiger partial charge >= 0.3 is 5.97 Å². The Balaban J connectivity index is 0. The van der Waals surface area contributed by atoms with Crippen LogP contribution in [0.4, 0.5) is 0 Å². The number of hydrogen-bond donors (Lipinski definition) is 1. The molecule has 0 aromatic heterocycles. The van der Waals surface area contributed by atoms with Crippen molar-refractivity contribution in [3.05, 3.63) is 47.5 Å². The van der Waals surface area contributed by atoms with Crippen molar-refractivity contribution in [2.45, 2.75) is 26.8 Å². The Kier molecular flexibility index (Phi) is 11.0. The summed E-state index contributed by atoms with van der Waals surface area (Å²) in [5.41, 5.74) is 3.05. The van der Waals surface area contributed by atoms with Crippen molar-refractivity contribution in [3.63, 3.8) is 0 Å². The van der Waals surface area contributed by atoms with Crippen LogP contribution in [-0.2, 0) is 4.79 Å². The van der Waals surface area contributed by atoms with Gasteiger partial charge in [-0.1, -0.05) is 24.3 Å². The third-order valence-corrected chi connectivity index (χ3v) is 2.69. The predicted octanol–water partition coefficient (Wildman–Crippen LogP) is 3.43. The largest absolute Gasteiger partial charge is 0.480 e. The molecule has 0 aliphatic rings. The molecule has 3 nitrogen and oxygen atoms in total. The summed E-state index contributed by atoms with van der Waals surface area (Å²) >= 11 is 0. The first kappa shape index (κ1) is 20.3. The fourth-order valence-corrected chi connectivity index (χ4v) is 1.70. The number of terminal acetylenes is 1. The molecule has 110 valence electrons. The van der Waals surface area contributed by atoms with E-state index in [0.717, 1.165) is 16.7 Å². The second-order valence-corrected chi connectivity index (χ2v) is 4.40. The Morgan fingerprint density at radius 1 is 1.35 bits per heavy atom. The molecule has 1 aromatic rings. The van der Waals surface area contributed by atoms with Gasteiger partial charge in [0.1, 0.15) is 6.04 Å². The summed E-state index contributed by atoms with van der Waals surface area (Å²) < 4.78 is 0. The van der Waals surface area contributed by atoms with Crippen LogP contribution in [0.1, 0.15) is 29.7 Å². The molecule has 3 heteroatoms. The number of carboxylic acids is 1. The molecule has 1 aromatic carbocycles. The number of hydrogen-bond acceptors (Lipinski definition) is 2. The zero-order valence-electron chi connectivity index (χ0n) is 13.1. The summed E-state index contributed by atoms with van der Waals surface area (Å²) in [7, 11) is 3.56. The molecule has 1 atom stereocenters. The number of allylic oxidation sites excluding steroid dienone is 1. The van der Waals surface area contributed by atoms with E-state index in [1.807, 2.05) is 39.0 Å². The van der Waals surface area contributed by atoms with E-state index in [1.54, 1.807) is 25.1 Å². The van der Waals surface area contributed by atoms with Crippen LogP contribution >= 0.6 is 0 Å². The molecule has 1 rings (SSSR count). The minimum atomic E-state index is -0.811. The standard InChI is InChI=1S/C12H17NO2.C3H6.C2H2/c1-8-6-5-7-10(9(8)2)11(12(14)15)13(3)4;1-3-2;1-2/h5-7,11H,1-4H3,(H,14,15);3H,1H2,2H3;1-2H. The molecule has 0 saturated carbocycles. The molecular formula is C17H25NO2. The molecular weight excluding hydrogens is 250 g/mol. The molecule has 1 N–H and O–H groups in total. The van der Waals surface area contributed by atoms with Crippen LogP contribution in [0.25, 0.3) is 0 Å². The molecule has 0 radical (unpaired) electrons. The quantitative estimate of drug-likeness (QED) is 0.678. The molecule has 0 heterocycles. The van der Waals surface area contributed by atoms with Gasteiger partial charge in [-0.2, -0.15) is 0 Å². The molecule has 0 saturated heterocycles. The number of likely N-dealkylation sites (N-methyl/N-ethyl adjacent to an activating group) is 1. The molecule has 0 aliphatic heterocycles. The Morgan fingerprint density at radius 2 is 1.80 bits per heavy atom. The lowest BCUT2D eigenvalue weighted by Crippen LogP contribution is -2.28. The Bertz CT molecular complexity index is 448. The fraction of sp³-hybridized carbons (Fsp3) is 0.353. The number of carboxylic acid groups (broad SMARTS) is 1. The highest BCUT2D eigenvalue weighted by Crippen LogP contribution is 2.24. The number of carbonyl (C=O) groups is 1. The van der Waals surface area contributed by atoms with E-state index < -0.39 is 12.0 Å². The summed E-state index contributed by atoms with van der Waals surface area (Å²) in [6.07, 6.45) is 9.75. The van der Waals surface area contributed by atoms with Crippen LogP contribution < -0.4 is 0 Å². The average Bonchev–Trinajstić information content (AvgIpc) is 2.37. The van der Waals surface area contributed by atoms with Crippen molar-refractivity contribution < 1.29 is 9.90 Å². The smallest absolute Gasteiger partial charge is 0.325 e. The molecule has 0 bridgehead atoms. The van der Waals surface area contributed by atoms with Gasteiger partial charge in [0.25, 0.3) is 0 Å². The van der Waals surface area contributed by atoms with E-state index in [9.17, 15) is 9.90 Å². The van der Waals surface area contributed by atoms with Crippen LogP contribution in [0.2, 0.25) is 0 Å². The predicted molar refractivity (Wildman–Crippen MR) is 85.7 cm³/mol. The highest BCUT2D eigenvalue weighted by atomic mass is 16.4. The SMILES string of the molecule is C#C.C=CC.Cc1cccc(C(C(=O)O)N(C)C)c1C. The van der Waals surface area contributed by atoms with Crippen molar-refractivity contribution >= 4 is 5.97 Å². The Hall–Kier alpha value is -2.05. The maximum Gasteiger partial charge on any atom is 0.325 e. The number of rotatable bonds is 3. The van der Waals surface area contributed by atoms with Gasteiger partial charge in [-0.25, -0.2) is 0 Å². The van der Waals surface area contributed by atoms with Gasteiger partial charge in [0, 0.05) is 0 Å². The van der Waals surface area contributed by atoms with Crippen molar-refractivity contribution in [1.82, 2.24) is 4.90 Å². The van der Waals surface area contributed by atoms with Gasteiger partial charge in [0.15, 0.2) is 0 Å². The van der Waals surface area contributed by atoms with Gasteiger partial charge in [0.05, 0.1) is 0 Å². The summed E-state index contributed by atoms with van der Waals surface area (Å²) in [6, 6.07) is 5.20. The van der Waals surface area contributed by atoms with Gasteiger partial charge < -0.3 is 5.11 Å². The van der Waals surface area contributed by atoms with Crippen molar-refractivity contribution in [2.75, 3.05) is 14.1 Å². The third-order valence-electron chi connectivity index (χ3n) is 2.69. The number of benzene rings is 1. The zero-order valence-corrected chi connectivity index (χ0v) is 13.1. The average molecular weight is 275 g/mol. The van der Waals surface area contributed by atoms with Crippen molar-refractivity contribution in [1.29, 1.82) is 0 Å². The Labute approximate surface area is 122 Å². The normalized spacial score (nSPS) is 10.4. The first-order valence-electron chi connectivity index (χ1n) is 6.22. The molecule has 1 unspecified atom stereocenters. The third kappa shape index (κ3) is 6.21.